The quantitative estimate of drug-likeness (QED) is 0.0356. The largest absolute Gasteiger partial charge is 0.503 e. The summed E-state index contributed by atoms with van der Waals surface area (Å²) in [4.78, 5) is 122. The van der Waals surface area contributed by atoms with Gasteiger partial charge < -0.3 is 91.4 Å². The van der Waals surface area contributed by atoms with E-state index in [1.54, 1.807) is 104 Å². The van der Waals surface area contributed by atoms with Crippen LogP contribution < -0.4 is 48.4 Å². The van der Waals surface area contributed by atoms with Crippen molar-refractivity contribution in [1.82, 2.24) is 46.7 Å². The van der Waals surface area contributed by atoms with Crippen LogP contribution in [0.1, 0.15) is 184 Å². The second-order valence-corrected chi connectivity index (χ2v) is 32.7. The van der Waals surface area contributed by atoms with Crippen molar-refractivity contribution in [2.24, 2.45) is 5.73 Å². The molecule has 12 rings (SSSR count). The minimum Gasteiger partial charge on any atom is -0.503 e. The van der Waals surface area contributed by atoms with Gasteiger partial charge in [-0.15, -0.1) is 0 Å². The summed E-state index contributed by atoms with van der Waals surface area (Å²) >= 11 is 0. The number of nitrogens with zero attached hydrogens (tertiary/aromatic N) is 3. The number of carbonyl (C=O) groups is 9. The van der Waals surface area contributed by atoms with Crippen molar-refractivity contribution in [1.29, 1.82) is 5.26 Å². The molecule has 647 valence electrons. The zero-order valence-electron chi connectivity index (χ0n) is 70.1. The Bertz CT molecular complexity index is 4860. The van der Waals surface area contributed by atoms with E-state index in [0.717, 1.165) is 66.1 Å². The van der Waals surface area contributed by atoms with E-state index < -0.39 is 129 Å². The highest BCUT2D eigenvalue weighted by molar-refractivity contribution is 5.99. The molecular weight excluding hydrogens is 1570 g/mol. The fourth-order valence-electron chi connectivity index (χ4n) is 12.9. The topological polar surface area (TPSA) is 420 Å². The number of amides is 7. The highest BCUT2D eigenvalue weighted by Gasteiger charge is 2.39. The van der Waals surface area contributed by atoms with E-state index in [9.17, 15) is 76.4 Å². The predicted octanol–water partition coefficient (Wildman–Crippen LogP) is 10.8. The Hall–Kier alpha value is -12.3. The van der Waals surface area contributed by atoms with Crippen LogP contribution in [0, 0.1) is 28.8 Å². The number of carbonyl (C=O) groups excluding carboxylic acids is 7. The molecule has 6 heterocycles. The summed E-state index contributed by atoms with van der Waals surface area (Å²) < 4.78 is 67.9. The second kappa shape index (κ2) is 44.7. The number of hydrogen-bond donors (Lipinski definition) is 11. The molecule has 6 aromatic carbocycles. The number of ether oxygens (including phenoxy) is 5. The number of pyridine rings is 1. The van der Waals surface area contributed by atoms with Crippen LogP contribution in [0.4, 0.5) is 32.3 Å². The maximum atomic E-state index is 13.9. The van der Waals surface area contributed by atoms with Gasteiger partial charge in [-0.2, -0.15) is 5.26 Å². The number of aliphatic carboxylic acids is 2. The summed E-state index contributed by atoms with van der Waals surface area (Å²) in [5.41, 5.74) is 10.1. The maximum absolute atomic E-state index is 13.9. The molecule has 2 bridgehead atoms. The van der Waals surface area contributed by atoms with Gasteiger partial charge in [0.05, 0.1) is 17.7 Å². The Kier molecular flexibility index (Phi) is 36.0. The van der Waals surface area contributed by atoms with Crippen LogP contribution in [0.3, 0.4) is 0 Å². The van der Waals surface area contributed by atoms with Crippen LogP contribution in [0.25, 0.3) is 0 Å². The minimum atomic E-state index is -1.19. The average molecular weight is 1680 g/mol. The molecule has 0 unspecified atom stereocenters. The number of nitrogens with two attached hydrogens (primary N) is 1. The number of fused-ring (bicyclic) bond motifs is 7. The lowest BCUT2D eigenvalue weighted by Gasteiger charge is -2.34. The van der Waals surface area contributed by atoms with Gasteiger partial charge in [0.15, 0.2) is 11.4 Å². The van der Waals surface area contributed by atoms with E-state index in [1.165, 1.54) is 34.7 Å². The summed E-state index contributed by atoms with van der Waals surface area (Å²) in [5.74, 6) is -8.37. The molecule has 7 aromatic rings. The molecule has 1 saturated heterocycles. The van der Waals surface area contributed by atoms with E-state index in [1.807, 2.05) is 99.6 Å². The SMILES string of the molecule is C1CCOC1.CC(C)(C)OC(=O)N[C@@H](Cc1ccccc1C#N)C(=O)O.CC(C)(C)OC(=O)N[C@@H](Cc1ccccc1CN)C(=O)O.CC(C)(C)OC(=O)N[C@@H]1CNCc2ccccc2C1.CC(C)(C)OC(=O)N[C@H]1Cc2ccccc2CNC1=O.O=C(NCc1c(F)cc(F)cc1F)c1cn2c(c(O)c1=O)C(=O)N1Cc3ccccc3C[C@H]2C1.[B]. The Morgan fingerprint density at radius 2 is 1.06 bits per heavy atom. The molecule has 0 spiro atoms. The molecule has 3 radical (unpaired) electrons. The number of aromatic nitrogens is 1. The third kappa shape index (κ3) is 31.4. The van der Waals surface area contributed by atoms with Gasteiger partial charge >= 0.3 is 36.3 Å². The number of halogens is 3. The van der Waals surface area contributed by atoms with E-state index in [4.69, 9.17) is 34.7 Å². The van der Waals surface area contributed by atoms with Crippen LogP contribution in [-0.2, 0) is 103 Å². The number of carboxylic acid groups (broad SMARTS) is 2. The summed E-state index contributed by atoms with van der Waals surface area (Å²) in [7, 11) is 0. The number of nitrogens with one attached hydrogen (secondary N) is 7. The normalized spacial score (nSPS) is 16.0. The van der Waals surface area contributed by atoms with Gasteiger partial charge in [-0.1, -0.05) is 115 Å². The van der Waals surface area contributed by atoms with Gasteiger partial charge in [0.25, 0.3) is 11.8 Å². The first kappa shape index (κ1) is 97.6. The van der Waals surface area contributed by atoms with Crippen molar-refractivity contribution in [2.45, 2.75) is 213 Å². The van der Waals surface area contributed by atoms with Crippen molar-refractivity contribution in [3.8, 4) is 11.8 Å². The highest BCUT2D eigenvalue weighted by atomic mass is 19.1. The number of benzene rings is 6. The predicted molar refractivity (Wildman–Crippen MR) is 444 cm³/mol. The Balaban J connectivity index is 0.000000235. The van der Waals surface area contributed by atoms with E-state index in [0.29, 0.717) is 62.3 Å². The fraction of sp³-hybridized carbons (Fsp3) is 0.420. The molecule has 33 heteroatoms. The van der Waals surface area contributed by atoms with Crippen LogP contribution in [-0.4, -0.2) is 160 Å². The lowest BCUT2D eigenvalue weighted by Crippen LogP contribution is -2.48. The van der Waals surface area contributed by atoms with Gasteiger partial charge in [-0.3, -0.25) is 19.2 Å². The van der Waals surface area contributed by atoms with Crippen molar-refractivity contribution in [3.63, 3.8) is 0 Å². The summed E-state index contributed by atoms with van der Waals surface area (Å²) in [6.07, 6.45) is 3.25. The van der Waals surface area contributed by atoms with Gasteiger partial charge in [-0.25, -0.2) is 41.9 Å². The summed E-state index contributed by atoms with van der Waals surface area (Å²) in [6.45, 7) is 25.6. The fourth-order valence-corrected chi connectivity index (χ4v) is 12.9. The van der Waals surface area contributed by atoms with Crippen molar-refractivity contribution < 1.29 is 95.3 Å². The monoisotopic (exact) mass is 1670 g/mol. The second-order valence-electron chi connectivity index (χ2n) is 32.7. The third-order valence-corrected chi connectivity index (χ3v) is 18.4. The number of nitriles is 1. The molecule has 29 nitrogen and oxygen atoms in total. The number of aromatic hydroxyl groups is 1. The van der Waals surface area contributed by atoms with E-state index in [-0.39, 0.29) is 51.0 Å². The molecule has 0 saturated carbocycles. The Morgan fingerprint density at radius 3 is 1.56 bits per heavy atom. The first-order valence-electron chi connectivity index (χ1n) is 39.1. The molecule has 1 aromatic heterocycles. The molecule has 7 amide bonds. The Morgan fingerprint density at radius 1 is 0.603 bits per heavy atom. The van der Waals surface area contributed by atoms with Gasteiger partial charge in [0.1, 0.15) is 63.5 Å². The van der Waals surface area contributed by atoms with Gasteiger partial charge in [0.2, 0.25) is 11.3 Å². The van der Waals surface area contributed by atoms with Crippen LogP contribution in [0.15, 0.2) is 144 Å². The molecule has 5 atom stereocenters. The lowest BCUT2D eigenvalue weighted by atomic mass is 10.0. The van der Waals surface area contributed by atoms with Gasteiger partial charge in [-0.05, 0) is 165 Å². The molecular formula is C88H108BF3N11O18. The molecule has 1 fully saturated rings. The first-order chi connectivity index (χ1) is 56.5. The zero-order chi connectivity index (χ0) is 88.4. The molecule has 5 aliphatic heterocycles. The third-order valence-electron chi connectivity index (χ3n) is 18.4. The van der Waals surface area contributed by atoms with Crippen molar-refractivity contribution >= 4 is 62.4 Å². The molecule has 121 heavy (non-hydrogen) atoms. The van der Waals surface area contributed by atoms with Crippen LogP contribution in [0.2, 0.25) is 0 Å². The van der Waals surface area contributed by atoms with Gasteiger partial charge in [0, 0.05) is 117 Å². The number of hydrogen-bond acceptors (Lipinski definition) is 19. The molecule has 5 aliphatic rings. The zero-order valence-corrected chi connectivity index (χ0v) is 70.1. The standard InChI is InChI=1S/C24H18F3N3O4.C15H22N2O4.C15H18N2O4.C15H20N2O3.C15H22N2O2.C4H8O.B/c25-14-6-18(26)16(19(27)7-14)8-28-23(33)17-11-30-15-5-12-3-1-2-4-13(12)9-29(10-15)24(34)20(30)22(32)21(17)31;2*1-15(2,3)21-14(20)17-12(13(18)19)8-10-6-4-5-7-11(10)9-16;1-15(2,3)20-14(19)17-12-8-10-6-4-5-7-11(10)9-16-13(12)18;1-15(2,3)19-14(18)17-13-8-11-6-4-5-7-12(11)9-16-10-13;1-2-4-5-3-1;/h1-4,6-7,11,15,32H,5,8-10H2,(H,28,33);4-7,12H,8-9,16H2,1-3H3,(H,17,20)(H,18,19);4-7,12H,8H2,1-3H3,(H,17,20)(H,18,19);4-7,12H,8-9H2,1-3H3,(H,16,18)(H,17,19);4-7,13,16H,8-10H2,1-3H3,(H,17,18);1-4H2;/t15-;3*12-;13-;;/m00000../s1. The van der Waals surface area contributed by atoms with Crippen molar-refractivity contribution in [2.75, 3.05) is 26.3 Å². The first-order valence-corrected chi connectivity index (χ1v) is 39.1. The summed E-state index contributed by atoms with van der Waals surface area (Å²) in [6, 6.07) is 37.5. The molecule has 0 aliphatic carbocycles. The van der Waals surface area contributed by atoms with Crippen LogP contribution >= 0.6 is 0 Å². The van der Waals surface area contributed by atoms with E-state index >= 15 is 0 Å². The highest BCUT2D eigenvalue weighted by Crippen LogP contribution is 2.34. The smallest absolute Gasteiger partial charge is 0.408 e. The Labute approximate surface area is 703 Å². The van der Waals surface area contributed by atoms with Crippen molar-refractivity contribution in [3.05, 3.63) is 240 Å². The average Bonchev–Trinajstić information content (AvgIpc) is 1.73. The minimum absolute atomic E-state index is 0. The van der Waals surface area contributed by atoms with E-state index in [2.05, 4.69) is 49.4 Å². The molecule has 12 N–H and O–H groups in total. The number of carboxylic acids is 2. The number of alkyl carbamates (subject to hydrolysis) is 4. The lowest BCUT2D eigenvalue weighted by molar-refractivity contribution is -0.140. The maximum Gasteiger partial charge on any atom is 0.408 e. The van der Waals surface area contributed by atoms with Crippen LogP contribution in [0.5, 0.6) is 5.75 Å². The summed E-state index contributed by atoms with van der Waals surface area (Å²) in [5, 5.41) is 56.6. The number of rotatable bonds is 14.